The van der Waals surface area contributed by atoms with Crippen molar-refractivity contribution in [1.82, 2.24) is 0 Å². The molecule has 2 aromatic carbocycles. The molecule has 0 heterocycles. The SMILES string of the molecule is CCCCCOc1ccc(C(=O)Oc2ccc(CCC3CCC(OC(=O)[C@@H](F)CCCC)CC3)cc2)cc1. The van der Waals surface area contributed by atoms with E-state index in [2.05, 4.69) is 6.92 Å². The number of carbonyl (C=O) groups excluding carboxylic acids is 2. The summed E-state index contributed by atoms with van der Waals surface area (Å²) in [5.41, 5.74) is 1.68. The fourth-order valence-electron chi connectivity index (χ4n) is 4.77. The maximum absolute atomic E-state index is 13.9. The summed E-state index contributed by atoms with van der Waals surface area (Å²) in [6.45, 7) is 4.82. The number of alkyl halides is 1. The van der Waals surface area contributed by atoms with Crippen molar-refractivity contribution in [1.29, 1.82) is 0 Å². The van der Waals surface area contributed by atoms with E-state index in [1.165, 1.54) is 5.56 Å². The van der Waals surface area contributed by atoms with Crippen molar-refractivity contribution in [3.63, 3.8) is 0 Å². The summed E-state index contributed by atoms with van der Waals surface area (Å²) in [6.07, 6.45) is 9.08. The molecular weight excluding hydrogens is 483 g/mol. The van der Waals surface area contributed by atoms with Crippen molar-refractivity contribution in [3.8, 4) is 11.5 Å². The molecule has 0 saturated heterocycles. The van der Waals surface area contributed by atoms with Gasteiger partial charge in [-0.3, -0.25) is 0 Å². The van der Waals surface area contributed by atoms with Crippen LogP contribution in [0.2, 0.25) is 0 Å². The Balaban J connectivity index is 1.35. The number of halogens is 1. The largest absolute Gasteiger partial charge is 0.494 e. The summed E-state index contributed by atoms with van der Waals surface area (Å²) >= 11 is 0. The molecule has 0 N–H and O–H groups in total. The fourth-order valence-corrected chi connectivity index (χ4v) is 4.77. The van der Waals surface area contributed by atoms with E-state index < -0.39 is 18.1 Å². The molecule has 208 valence electrons. The second-order valence-corrected chi connectivity index (χ2v) is 10.3. The second-order valence-electron chi connectivity index (χ2n) is 10.3. The van der Waals surface area contributed by atoms with Gasteiger partial charge in [0.25, 0.3) is 0 Å². The number of benzene rings is 2. The van der Waals surface area contributed by atoms with E-state index in [9.17, 15) is 14.0 Å². The molecule has 2 aromatic rings. The number of hydrogen-bond donors (Lipinski definition) is 0. The van der Waals surface area contributed by atoms with E-state index in [0.717, 1.165) is 70.0 Å². The maximum atomic E-state index is 13.9. The van der Waals surface area contributed by atoms with Gasteiger partial charge in [-0.25, -0.2) is 14.0 Å². The quantitative estimate of drug-likeness (QED) is 0.133. The predicted octanol–water partition coefficient (Wildman–Crippen LogP) is 8.04. The van der Waals surface area contributed by atoms with Crippen molar-refractivity contribution in [2.24, 2.45) is 5.92 Å². The molecule has 1 fully saturated rings. The molecule has 1 saturated carbocycles. The number of ether oxygens (including phenoxy) is 3. The first-order valence-corrected chi connectivity index (χ1v) is 14.4. The smallest absolute Gasteiger partial charge is 0.343 e. The van der Waals surface area contributed by atoms with Crippen LogP contribution in [0.25, 0.3) is 0 Å². The molecule has 0 bridgehead atoms. The fraction of sp³-hybridized carbons (Fsp3) is 0.562. The number of rotatable bonds is 15. The molecule has 1 atom stereocenters. The molecule has 6 heteroatoms. The van der Waals surface area contributed by atoms with E-state index in [4.69, 9.17) is 14.2 Å². The van der Waals surface area contributed by atoms with Crippen LogP contribution in [0.3, 0.4) is 0 Å². The highest BCUT2D eigenvalue weighted by Crippen LogP contribution is 2.30. The van der Waals surface area contributed by atoms with E-state index in [0.29, 0.717) is 30.3 Å². The third kappa shape index (κ3) is 10.1. The lowest BCUT2D eigenvalue weighted by Gasteiger charge is -2.28. The molecular formula is C32H43FO5. The minimum absolute atomic E-state index is 0.151. The van der Waals surface area contributed by atoms with Crippen LogP contribution in [-0.4, -0.2) is 30.8 Å². The minimum atomic E-state index is -1.49. The van der Waals surface area contributed by atoms with Gasteiger partial charge in [-0.15, -0.1) is 0 Å². The summed E-state index contributed by atoms with van der Waals surface area (Å²) in [5, 5.41) is 0. The van der Waals surface area contributed by atoms with E-state index in [-0.39, 0.29) is 12.5 Å². The summed E-state index contributed by atoms with van der Waals surface area (Å²) in [6, 6.07) is 14.7. The van der Waals surface area contributed by atoms with Gasteiger partial charge in [0, 0.05) is 0 Å². The van der Waals surface area contributed by atoms with E-state index in [1.807, 2.05) is 31.2 Å². The number of unbranched alkanes of at least 4 members (excludes halogenated alkanes) is 3. The molecule has 0 spiro atoms. The Morgan fingerprint density at radius 3 is 2.18 bits per heavy atom. The molecule has 1 aliphatic rings. The van der Waals surface area contributed by atoms with Gasteiger partial charge < -0.3 is 14.2 Å². The molecule has 0 unspecified atom stereocenters. The second kappa shape index (κ2) is 16.2. The molecule has 0 amide bonds. The molecule has 3 rings (SSSR count). The average molecular weight is 527 g/mol. The van der Waals surface area contributed by atoms with Crippen LogP contribution in [0.1, 0.15) is 100 Å². The lowest BCUT2D eigenvalue weighted by molar-refractivity contribution is -0.157. The van der Waals surface area contributed by atoms with E-state index >= 15 is 0 Å². The predicted molar refractivity (Wildman–Crippen MR) is 147 cm³/mol. The zero-order chi connectivity index (χ0) is 27.2. The normalized spacial score (nSPS) is 18.0. The molecule has 0 radical (unpaired) electrons. The number of esters is 2. The Labute approximate surface area is 227 Å². The molecule has 5 nitrogen and oxygen atoms in total. The highest BCUT2D eigenvalue weighted by Gasteiger charge is 2.27. The van der Waals surface area contributed by atoms with Gasteiger partial charge in [0.2, 0.25) is 0 Å². The Hall–Kier alpha value is -2.89. The zero-order valence-electron chi connectivity index (χ0n) is 23.0. The van der Waals surface area contributed by atoms with Crippen LogP contribution in [0.4, 0.5) is 4.39 Å². The van der Waals surface area contributed by atoms with Gasteiger partial charge in [-0.2, -0.15) is 0 Å². The Morgan fingerprint density at radius 1 is 0.868 bits per heavy atom. The Bertz CT molecular complexity index is 964. The monoisotopic (exact) mass is 526 g/mol. The van der Waals surface area contributed by atoms with Gasteiger partial charge in [0.1, 0.15) is 17.6 Å². The number of aryl methyl sites for hydroxylation is 1. The summed E-state index contributed by atoms with van der Waals surface area (Å²) in [5.74, 6) is 0.768. The minimum Gasteiger partial charge on any atom is -0.494 e. The van der Waals surface area contributed by atoms with Gasteiger partial charge >= 0.3 is 11.9 Å². The Kier molecular flexibility index (Phi) is 12.6. The van der Waals surface area contributed by atoms with Gasteiger partial charge in [0.05, 0.1) is 12.2 Å². The molecule has 0 aromatic heterocycles. The highest BCUT2D eigenvalue weighted by atomic mass is 19.1. The van der Waals surface area contributed by atoms with Crippen molar-refractivity contribution in [2.45, 2.75) is 103 Å². The van der Waals surface area contributed by atoms with Crippen molar-refractivity contribution in [3.05, 3.63) is 59.7 Å². The first-order chi connectivity index (χ1) is 18.5. The van der Waals surface area contributed by atoms with Gasteiger partial charge in [0.15, 0.2) is 6.17 Å². The first kappa shape index (κ1) is 29.7. The zero-order valence-corrected chi connectivity index (χ0v) is 23.0. The maximum Gasteiger partial charge on any atom is 0.343 e. The molecule has 0 aliphatic heterocycles. The standard InChI is InChI=1S/C32H43FO5/c1-3-5-7-23-36-27-21-15-26(16-22-27)31(34)37-28-17-11-24(12-18-28)9-10-25-13-19-29(20-14-25)38-32(35)30(33)8-6-4-2/h11-12,15-18,21-22,25,29-30H,3-10,13-14,19-20,23H2,1-2H3/t25?,29?,30-/m0/s1. The number of hydrogen-bond acceptors (Lipinski definition) is 5. The van der Waals surface area contributed by atoms with Crippen LogP contribution >= 0.6 is 0 Å². The summed E-state index contributed by atoms with van der Waals surface area (Å²) in [4.78, 5) is 24.4. The Morgan fingerprint density at radius 2 is 1.53 bits per heavy atom. The molecule has 1 aliphatic carbocycles. The molecule has 38 heavy (non-hydrogen) atoms. The van der Waals surface area contributed by atoms with Crippen LogP contribution in [-0.2, 0) is 16.0 Å². The third-order valence-corrected chi connectivity index (χ3v) is 7.23. The van der Waals surface area contributed by atoms with Crippen LogP contribution < -0.4 is 9.47 Å². The highest BCUT2D eigenvalue weighted by molar-refractivity contribution is 5.91. The average Bonchev–Trinajstić information content (AvgIpc) is 2.94. The van der Waals surface area contributed by atoms with Crippen molar-refractivity contribution >= 4 is 11.9 Å². The van der Waals surface area contributed by atoms with Gasteiger partial charge in [-0.05, 0) is 99.2 Å². The van der Waals surface area contributed by atoms with Crippen LogP contribution in [0.5, 0.6) is 11.5 Å². The lowest BCUT2D eigenvalue weighted by Crippen LogP contribution is -2.29. The summed E-state index contributed by atoms with van der Waals surface area (Å²) < 4.78 is 30.5. The first-order valence-electron chi connectivity index (χ1n) is 14.4. The van der Waals surface area contributed by atoms with Crippen molar-refractivity contribution in [2.75, 3.05) is 6.61 Å². The topological polar surface area (TPSA) is 61.8 Å². The third-order valence-electron chi connectivity index (χ3n) is 7.23. The number of carbonyl (C=O) groups is 2. The lowest BCUT2D eigenvalue weighted by atomic mass is 9.83. The van der Waals surface area contributed by atoms with Gasteiger partial charge in [-0.1, -0.05) is 51.7 Å². The van der Waals surface area contributed by atoms with Crippen molar-refractivity contribution < 1.29 is 28.2 Å². The van der Waals surface area contributed by atoms with E-state index in [1.54, 1.807) is 24.3 Å². The van der Waals surface area contributed by atoms with Crippen LogP contribution in [0, 0.1) is 5.92 Å². The summed E-state index contributed by atoms with van der Waals surface area (Å²) in [7, 11) is 0. The van der Waals surface area contributed by atoms with Crippen LogP contribution in [0.15, 0.2) is 48.5 Å².